The summed E-state index contributed by atoms with van der Waals surface area (Å²) in [5.41, 5.74) is 0.370. The summed E-state index contributed by atoms with van der Waals surface area (Å²) >= 11 is 3.19. The summed E-state index contributed by atoms with van der Waals surface area (Å²) in [7, 11) is 0. The summed E-state index contributed by atoms with van der Waals surface area (Å²) in [5, 5.41) is 12.0. The Morgan fingerprint density at radius 1 is 1.50 bits per heavy atom. The van der Waals surface area contributed by atoms with E-state index in [4.69, 9.17) is 0 Å². The molecular formula is C9H11BrN4O2. The zero-order valence-corrected chi connectivity index (χ0v) is 10.0. The molecule has 0 spiro atoms. The minimum absolute atomic E-state index is 0.0705. The maximum Gasteiger partial charge on any atom is 0.280 e. The molecule has 0 aromatic carbocycles. The Hall–Kier alpha value is -1.37. The van der Waals surface area contributed by atoms with Crippen LogP contribution in [0.2, 0.25) is 0 Å². The predicted octanol–water partition coefficient (Wildman–Crippen LogP) is 0.223. The third-order valence-corrected chi connectivity index (χ3v) is 3.21. The third kappa shape index (κ3) is 2.41. The summed E-state index contributed by atoms with van der Waals surface area (Å²) < 4.78 is 0.430. The van der Waals surface area contributed by atoms with E-state index in [0.29, 0.717) is 23.1 Å². The molecule has 1 fully saturated rings. The molecular weight excluding hydrogens is 276 g/mol. The number of aromatic amines is 1. The lowest BCUT2D eigenvalue weighted by atomic mass is 10.1. The minimum atomic E-state index is -0.273. The first-order valence-corrected chi connectivity index (χ1v) is 5.72. The molecule has 2 rings (SSSR count). The molecule has 1 amide bonds. The zero-order valence-electron chi connectivity index (χ0n) is 8.42. The maximum atomic E-state index is 11.3. The number of carbonyl (C=O) groups is 1. The van der Waals surface area contributed by atoms with Crippen molar-refractivity contribution in [2.24, 2.45) is 0 Å². The van der Waals surface area contributed by atoms with Crippen molar-refractivity contribution in [3.63, 3.8) is 0 Å². The van der Waals surface area contributed by atoms with Crippen LogP contribution in [-0.4, -0.2) is 28.7 Å². The Morgan fingerprint density at radius 2 is 2.31 bits per heavy atom. The van der Waals surface area contributed by atoms with E-state index in [1.54, 1.807) is 6.20 Å². The molecule has 1 aliphatic heterocycles. The summed E-state index contributed by atoms with van der Waals surface area (Å²) in [6.45, 7) is 0.568. The summed E-state index contributed by atoms with van der Waals surface area (Å²) in [4.78, 5) is 22.2. The topological polar surface area (TPSA) is 86.9 Å². The smallest absolute Gasteiger partial charge is 0.280 e. The van der Waals surface area contributed by atoms with Gasteiger partial charge in [0, 0.05) is 19.0 Å². The fraction of sp³-hybridized carbons (Fsp3) is 0.444. The molecule has 0 radical (unpaired) electrons. The monoisotopic (exact) mass is 286 g/mol. The molecule has 2 heterocycles. The van der Waals surface area contributed by atoms with Crippen LogP contribution in [0.15, 0.2) is 15.5 Å². The predicted molar refractivity (Wildman–Crippen MR) is 62.2 cm³/mol. The van der Waals surface area contributed by atoms with Crippen molar-refractivity contribution in [2.75, 3.05) is 11.9 Å². The third-order valence-electron chi connectivity index (χ3n) is 2.42. The van der Waals surface area contributed by atoms with E-state index in [9.17, 15) is 9.59 Å². The Morgan fingerprint density at radius 3 is 3.00 bits per heavy atom. The largest absolute Gasteiger partial charge is 0.378 e. The molecule has 0 aliphatic carbocycles. The van der Waals surface area contributed by atoms with Crippen molar-refractivity contribution in [3.8, 4) is 0 Å². The van der Waals surface area contributed by atoms with Crippen molar-refractivity contribution in [1.29, 1.82) is 0 Å². The molecule has 0 bridgehead atoms. The molecule has 16 heavy (non-hydrogen) atoms. The Labute approximate surface area is 99.9 Å². The Bertz CT molecular complexity index is 449. The van der Waals surface area contributed by atoms with Crippen LogP contribution in [0.3, 0.4) is 0 Å². The SMILES string of the molecule is O=C1CCC(Nc2cn[nH]c(=O)c2Br)CN1. The van der Waals surface area contributed by atoms with Gasteiger partial charge in [-0.3, -0.25) is 9.59 Å². The zero-order chi connectivity index (χ0) is 11.5. The van der Waals surface area contributed by atoms with Crippen molar-refractivity contribution >= 4 is 27.5 Å². The highest BCUT2D eigenvalue weighted by atomic mass is 79.9. The lowest BCUT2D eigenvalue weighted by Gasteiger charge is -2.24. The van der Waals surface area contributed by atoms with Crippen molar-refractivity contribution in [3.05, 3.63) is 21.0 Å². The van der Waals surface area contributed by atoms with Gasteiger partial charge in [0.25, 0.3) is 5.56 Å². The lowest BCUT2D eigenvalue weighted by molar-refractivity contribution is -0.122. The number of hydrogen-bond donors (Lipinski definition) is 3. The second-order valence-corrected chi connectivity index (χ2v) is 4.40. The van der Waals surface area contributed by atoms with Gasteiger partial charge in [-0.1, -0.05) is 0 Å². The lowest BCUT2D eigenvalue weighted by Crippen LogP contribution is -2.42. The normalized spacial score (nSPS) is 20.3. The molecule has 1 atom stereocenters. The highest BCUT2D eigenvalue weighted by molar-refractivity contribution is 9.10. The van der Waals surface area contributed by atoms with Crippen molar-refractivity contribution in [2.45, 2.75) is 18.9 Å². The number of piperidine rings is 1. The summed E-state index contributed by atoms with van der Waals surface area (Å²) in [5.74, 6) is 0.0705. The van der Waals surface area contributed by atoms with Gasteiger partial charge in [-0.2, -0.15) is 5.10 Å². The van der Waals surface area contributed by atoms with E-state index >= 15 is 0 Å². The average molecular weight is 287 g/mol. The molecule has 6 nitrogen and oxygen atoms in total. The van der Waals surface area contributed by atoms with E-state index < -0.39 is 0 Å². The van der Waals surface area contributed by atoms with Crippen LogP contribution in [0.25, 0.3) is 0 Å². The number of nitrogens with one attached hydrogen (secondary N) is 3. The van der Waals surface area contributed by atoms with E-state index in [1.165, 1.54) is 0 Å². The second-order valence-electron chi connectivity index (χ2n) is 3.61. The number of nitrogens with zero attached hydrogens (tertiary/aromatic N) is 1. The van der Waals surface area contributed by atoms with Gasteiger partial charge in [0.05, 0.1) is 11.9 Å². The fourth-order valence-electron chi connectivity index (χ4n) is 1.56. The van der Waals surface area contributed by atoms with Crippen LogP contribution in [0.4, 0.5) is 5.69 Å². The standard InChI is InChI=1S/C9H11BrN4O2/c10-8-6(4-12-14-9(8)16)13-5-1-2-7(15)11-3-5/h4-5H,1-3H2,(H,11,15)(H2,13,14,16). The maximum absolute atomic E-state index is 11.3. The van der Waals surface area contributed by atoms with Crippen LogP contribution < -0.4 is 16.2 Å². The molecule has 1 saturated heterocycles. The Kier molecular flexibility index (Phi) is 3.23. The van der Waals surface area contributed by atoms with E-state index in [-0.39, 0.29) is 17.5 Å². The molecule has 7 heteroatoms. The number of rotatable bonds is 2. The van der Waals surface area contributed by atoms with Gasteiger partial charge in [-0.25, -0.2) is 5.10 Å². The number of carbonyl (C=O) groups excluding carboxylic acids is 1. The molecule has 3 N–H and O–H groups in total. The van der Waals surface area contributed by atoms with Gasteiger partial charge in [-0.15, -0.1) is 0 Å². The molecule has 1 aliphatic rings. The minimum Gasteiger partial charge on any atom is -0.378 e. The number of halogens is 1. The number of H-pyrrole nitrogens is 1. The first-order chi connectivity index (χ1) is 7.66. The average Bonchev–Trinajstić information content (AvgIpc) is 2.28. The fourth-order valence-corrected chi connectivity index (χ4v) is 1.87. The summed E-state index contributed by atoms with van der Waals surface area (Å²) in [6, 6.07) is 0.137. The van der Waals surface area contributed by atoms with Gasteiger partial charge in [0.15, 0.2) is 0 Å². The van der Waals surface area contributed by atoms with Crippen LogP contribution in [0.5, 0.6) is 0 Å². The van der Waals surface area contributed by atoms with Gasteiger partial charge in [-0.05, 0) is 22.4 Å². The number of anilines is 1. The van der Waals surface area contributed by atoms with Crippen molar-refractivity contribution in [1.82, 2.24) is 15.5 Å². The number of hydrogen-bond acceptors (Lipinski definition) is 4. The van der Waals surface area contributed by atoms with E-state index in [0.717, 1.165) is 6.42 Å². The molecule has 86 valence electrons. The number of aromatic nitrogens is 2. The van der Waals surface area contributed by atoms with Gasteiger partial charge < -0.3 is 10.6 Å². The van der Waals surface area contributed by atoms with E-state index in [1.807, 2.05) is 0 Å². The first kappa shape index (κ1) is 11.1. The highest BCUT2D eigenvalue weighted by Crippen LogP contribution is 2.18. The van der Waals surface area contributed by atoms with Crippen LogP contribution in [0.1, 0.15) is 12.8 Å². The van der Waals surface area contributed by atoms with Crippen LogP contribution in [0, 0.1) is 0 Å². The van der Waals surface area contributed by atoms with E-state index in [2.05, 4.69) is 36.8 Å². The van der Waals surface area contributed by atoms with Crippen molar-refractivity contribution < 1.29 is 4.79 Å². The molecule has 1 unspecified atom stereocenters. The summed E-state index contributed by atoms with van der Waals surface area (Å²) in [6.07, 6.45) is 2.80. The van der Waals surface area contributed by atoms with Gasteiger partial charge in [0.2, 0.25) is 5.91 Å². The molecule has 1 aromatic rings. The van der Waals surface area contributed by atoms with Crippen LogP contribution in [-0.2, 0) is 4.79 Å². The molecule has 1 aromatic heterocycles. The highest BCUT2D eigenvalue weighted by Gasteiger charge is 2.18. The first-order valence-electron chi connectivity index (χ1n) is 4.93. The van der Waals surface area contributed by atoms with Gasteiger partial charge in [0.1, 0.15) is 4.47 Å². The Balaban J connectivity index is 2.07. The number of amides is 1. The van der Waals surface area contributed by atoms with Gasteiger partial charge >= 0.3 is 0 Å². The second kappa shape index (κ2) is 4.65. The molecule has 0 saturated carbocycles. The van der Waals surface area contributed by atoms with Crippen LogP contribution >= 0.6 is 15.9 Å². The quantitative estimate of drug-likeness (QED) is 0.726.